The molecule has 1 aromatic rings. The molecule has 0 fully saturated rings. The van der Waals surface area contributed by atoms with Gasteiger partial charge in [0, 0.05) is 18.7 Å². The number of guanidine groups is 1. The number of carbonyl (C=O) groups is 1. The highest BCUT2D eigenvalue weighted by atomic mass is 16.1. The molecule has 0 spiro atoms. The maximum atomic E-state index is 11.8. The smallest absolute Gasteiger partial charge is 0.251 e. The number of carbonyl (C=O) groups excluding carboxylic acids is 1. The van der Waals surface area contributed by atoms with E-state index in [1.807, 2.05) is 12.1 Å². The van der Waals surface area contributed by atoms with Crippen LogP contribution in [-0.2, 0) is 6.54 Å². The number of unbranched alkanes of at least 4 members (excludes halogenated alkanes) is 1. The summed E-state index contributed by atoms with van der Waals surface area (Å²) in [6.45, 7) is 7.47. The van der Waals surface area contributed by atoms with Gasteiger partial charge in [0.25, 0.3) is 5.91 Å². The Labute approximate surface area is 126 Å². The Morgan fingerprint density at radius 3 is 2.67 bits per heavy atom. The number of nitrogens with zero attached hydrogens (tertiary/aromatic N) is 1. The van der Waals surface area contributed by atoms with Gasteiger partial charge in [-0.15, -0.1) is 6.58 Å². The van der Waals surface area contributed by atoms with Crippen LogP contribution in [0.15, 0.2) is 41.9 Å². The van der Waals surface area contributed by atoms with Gasteiger partial charge >= 0.3 is 0 Å². The van der Waals surface area contributed by atoms with Crippen LogP contribution >= 0.6 is 0 Å². The standard InChI is InChI=1S/C16H24N4O/c1-3-5-11-18-15(21)14-8-6-13(7-9-14)12-20-16(17)19-10-4-2/h4,6-9H,2-3,5,10-12H2,1H3,(H,18,21)(H3,17,19,20). The minimum atomic E-state index is -0.0364. The van der Waals surface area contributed by atoms with E-state index >= 15 is 0 Å². The minimum Gasteiger partial charge on any atom is -0.370 e. The molecule has 0 aliphatic carbocycles. The van der Waals surface area contributed by atoms with Crippen molar-refractivity contribution in [2.75, 3.05) is 13.1 Å². The first-order valence-electron chi connectivity index (χ1n) is 7.19. The summed E-state index contributed by atoms with van der Waals surface area (Å²) >= 11 is 0. The molecule has 0 heterocycles. The van der Waals surface area contributed by atoms with E-state index in [1.165, 1.54) is 0 Å². The van der Waals surface area contributed by atoms with Gasteiger partial charge in [-0.3, -0.25) is 4.79 Å². The number of nitrogens with two attached hydrogens (primary N) is 1. The van der Waals surface area contributed by atoms with Crippen LogP contribution in [0.1, 0.15) is 35.7 Å². The van der Waals surface area contributed by atoms with Crippen LogP contribution in [0.25, 0.3) is 0 Å². The molecule has 114 valence electrons. The Hall–Kier alpha value is -2.30. The second-order valence-corrected chi connectivity index (χ2v) is 4.68. The quantitative estimate of drug-likeness (QED) is 0.295. The van der Waals surface area contributed by atoms with Gasteiger partial charge in [-0.2, -0.15) is 0 Å². The average molecular weight is 288 g/mol. The number of hydrogen-bond donors (Lipinski definition) is 3. The Morgan fingerprint density at radius 2 is 2.05 bits per heavy atom. The molecule has 0 aliphatic rings. The first kappa shape index (κ1) is 16.8. The van der Waals surface area contributed by atoms with Crippen molar-refractivity contribution in [1.82, 2.24) is 10.6 Å². The van der Waals surface area contributed by atoms with Crippen LogP contribution in [0.3, 0.4) is 0 Å². The molecule has 0 radical (unpaired) electrons. The van der Waals surface area contributed by atoms with Crippen LogP contribution in [0.2, 0.25) is 0 Å². The van der Waals surface area contributed by atoms with E-state index in [0.717, 1.165) is 18.4 Å². The van der Waals surface area contributed by atoms with Crippen LogP contribution < -0.4 is 16.4 Å². The Bertz CT molecular complexity index is 480. The molecule has 1 rings (SSSR count). The van der Waals surface area contributed by atoms with E-state index in [0.29, 0.717) is 31.2 Å². The summed E-state index contributed by atoms with van der Waals surface area (Å²) in [5, 5.41) is 5.79. The summed E-state index contributed by atoms with van der Waals surface area (Å²) in [7, 11) is 0. The maximum Gasteiger partial charge on any atom is 0.251 e. The topological polar surface area (TPSA) is 79.5 Å². The van der Waals surface area contributed by atoms with E-state index in [9.17, 15) is 4.79 Å². The number of benzene rings is 1. The van der Waals surface area contributed by atoms with Crippen molar-refractivity contribution < 1.29 is 4.79 Å². The van der Waals surface area contributed by atoms with Crippen molar-refractivity contribution in [3.05, 3.63) is 48.0 Å². The zero-order valence-corrected chi connectivity index (χ0v) is 12.6. The van der Waals surface area contributed by atoms with Crippen molar-refractivity contribution in [1.29, 1.82) is 0 Å². The van der Waals surface area contributed by atoms with Gasteiger partial charge in [0.2, 0.25) is 0 Å². The van der Waals surface area contributed by atoms with Gasteiger partial charge in [0.15, 0.2) is 5.96 Å². The van der Waals surface area contributed by atoms with E-state index in [1.54, 1.807) is 18.2 Å². The molecule has 0 bridgehead atoms. The molecule has 0 atom stereocenters. The van der Waals surface area contributed by atoms with Crippen molar-refractivity contribution in [2.45, 2.75) is 26.3 Å². The fourth-order valence-corrected chi connectivity index (χ4v) is 1.65. The second-order valence-electron chi connectivity index (χ2n) is 4.68. The number of nitrogens with one attached hydrogen (secondary N) is 2. The maximum absolute atomic E-state index is 11.8. The van der Waals surface area contributed by atoms with Crippen molar-refractivity contribution in [3.63, 3.8) is 0 Å². The lowest BCUT2D eigenvalue weighted by Crippen LogP contribution is -2.31. The van der Waals surface area contributed by atoms with Gasteiger partial charge in [0.1, 0.15) is 0 Å². The highest BCUT2D eigenvalue weighted by Crippen LogP contribution is 2.05. The Kier molecular flexibility index (Phi) is 7.64. The SMILES string of the molecule is C=CCNC(N)=NCc1ccc(C(=O)NCCCC)cc1. The molecular weight excluding hydrogens is 264 g/mol. The summed E-state index contributed by atoms with van der Waals surface area (Å²) in [6, 6.07) is 7.39. The summed E-state index contributed by atoms with van der Waals surface area (Å²) in [4.78, 5) is 16.0. The van der Waals surface area contributed by atoms with E-state index in [-0.39, 0.29) is 5.91 Å². The second kappa shape index (κ2) is 9.58. The molecule has 21 heavy (non-hydrogen) atoms. The van der Waals surface area contributed by atoms with Crippen LogP contribution in [0.5, 0.6) is 0 Å². The normalized spacial score (nSPS) is 11.0. The van der Waals surface area contributed by atoms with Crippen LogP contribution in [0, 0.1) is 0 Å². The highest BCUT2D eigenvalue weighted by Gasteiger charge is 2.04. The van der Waals surface area contributed by atoms with Gasteiger partial charge in [-0.1, -0.05) is 31.6 Å². The fourth-order valence-electron chi connectivity index (χ4n) is 1.65. The van der Waals surface area contributed by atoms with Crippen molar-refractivity contribution in [3.8, 4) is 0 Å². The van der Waals surface area contributed by atoms with Gasteiger partial charge < -0.3 is 16.4 Å². The first-order chi connectivity index (χ1) is 10.2. The predicted octanol–water partition coefficient (Wildman–Crippen LogP) is 1.81. The van der Waals surface area contributed by atoms with Gasteiger partial charge in [-0.05, 0) is 24.1 Å². The number of hydrogen-bond acceptors (Lipinski definition) is 2. The first-order valence-corrected chi connectivity index (χ1v) is 7.19. The molecule has 1 aromatic carbocycles. The lowest BCUT2D eigenvalue weighted by molar-refractivity contribution is 0.0953. The Morgan fingerprint density at radius 1 is 1.33 bits per heavy atom. The van der Waals surface area contributed by atoms with E-state index in [4.69, 9.17) is 5.73 Å². The summed E-state index contributed by atoms with van der Waals surface area (Å²) < 4.78 is 0. The van der Waals surface area contributed by atoms with E-state index < -0.39 is 0 Å². The van der Waals surface area contributed by atoms with Gasteiger partial charge in [-0.25, -0.2) is 4.99 Å². The third kappa shape index (κ3) is 6.61. The summed E-state index contributed by atoms with van der Waals surface area (Å²) in [6.07, 6.45) is 3.78. The number of amides is 1. The molecular formula is C16H24N4O. The third-order valence-electron chi connectivity index (χ3n) is 2.89. The highest BCUT2D eigenvalue weighted by molar-refractivity contribution is 5.94. The Balaban J connectivity index is 2.49. The van der Waals surface area contributed by atoms with Crippen molar-refractivity contribution >= 4 is 11.9 Å². The number of aliphatic imine (C=N–C) groups is 1. The summed E-state index contributed by atoms with van der Waals surface area (Å²) in [5.41, 5.74) is 7.35. The average Bonchev–Trinajstić information content (AvgIpc) is 2.51. The molecule has 4 N–H and O–H groups in total. The lowest BCUT2D eigenvalue weighted by Gasteiger charge is -2.05. The zero-order chi connectivity index (χ0) is 15.5. The molecule has 5 nitrogen and oxygen atoms in total. The number of rotatable bonds is 8. The molecule has 0 unspecified atom stereocenters. The molecule has 0 saturated heterocycles. The van der Waals surface area contributed by atoms with Crippen molar-refractivity contribution in [2.24, 2.45) is 10.7 Å². The largest absolute Gasteiger partial charge is 0.370 e. The van der Waals surface area contributed by atoms with Crippen LogP contribution in [0.4, 0.5) is 0 Å². The molecule has 5 heteroatoms. The molecule has 1 amide bonds. The molecule has 0 saturated carbocycles. The summed E-state index contributed by atoms with van der Waals surface area (Å²) in [5.74, 6) is 0.349. The predicted molar refractivity (Wildman–Crippen MR) is 87.2 cm³/mol. The van der Waals surface area contributed by atoms with E-state index in [2.05, 4.69) is 29.1 Å². The minimum absolute atomic E-state index is 0.0364. The van der Waals surface area contributed by atoms with Crippen LogP contribution in [-0.4, -0.2) is 25.0 Å². The lowest BCUT2D eigenvalue weighted by atomic mass is 10.1. The molecule has 0 aromatic heterocycles. The zero-order valence-electron chi connectivity index (χ0n) is 12.6. The monoisotopic (exact) mass is 288 g/mol. The third-order valence-corrected chi connectivity index (χ3v) is 2.89. The molecule has 0 aliphatic heterocycles. The van der Waals surface area contributed by atoms with Gasteiger partial charge in [0.05, 0.1) is 6.54 Å². The fraction of sp³-hybridized carbons (Fsp3) is 0.375.